The average Bonchev–Trinajstić information content (AvgIpc) is 2.76. The summed E-state index contributed by atoms with van der Waals surface area (Å²) in [6, 6.07) is 0. The summed E-state index contributed by atoms with van der Waals surface area (Å²) < 4.78 is 0. The first-order valence-electron chi connectivity index (χ1n) is 6.00. The Balaban J connectivity index is 1.79. The Labute approximate surface area is 105 Å². The number of rotatable bonds is 4. The summed E-state index contributed by atoms with van der Waals surface area (Å²) in [5.74, 6) is 1.02. The molecule has 1 heterocycles. The zero-order chi connectivity index (χ0) is 11.4. The van der Waals surface area contributed by atoms with Gasteiger partial charge in [-0.2, -0.15) is 11.8 Å². The van der Waals surface area contributed by atoms with E-state index in [0.29, 0.717) is 0 Å². The molecule has 90 valence electrons. The highest BCUT2D eigenvalue weighted by Crippen LogP contribution is 2.32. The Hall–Kier alpha value is -0.0600. The van der Waals surface area contributed by atoms with E-state index in [2.05, 4.69) is 4.98 Å². The van der Waals surface area contributed by atoms with Gasteiger partial charge >= 0.3 is 0 Å². The molecule has 1 aromatic rings. The molecular formula is C12H19NOS2. The van der Waals surface area contributed by atoms with Crippen molar-refractivity contribution in [2.75, 3.05) is 0 Å². The van der Waals surface area contributed by atoms with Crippen LogP contribution in [0, 0.1) is 0 Å². The maximum absolute atomic E-state index is 9.42. The SMILES string of the molecule is CC(O)c1cnc(CSC2CCCCC2)s1. The summed E-state index contributed by atoms with van der Waals surface area (Å²) in [5.41, 5.74) is 0. The van der Waals surface area contributed by atoms with Gasteiger partial charge in [0.15, 0.2) is 0 Å². The van der Waals surface area contributed by atoms with E-state index in [-0.39, 0.29) is 6.10 Å². The van der Waals surface area contributed by atoms with Crippen LogP contribution in [0.5, 0.6) is 0 Å². The average molecular weight is 257 g/mol. The summed E-state index contributed by atoms with van der Waals surface area (Å²) >= 11 is 3.69. The van der Waals surface area contributed by atoms with Crippen molar-refractivity contribution in [2.24, 2.45) is 0 Å². The van der Waals surface area contributed by atoms with Gasteiger partial charge in [-0.05, 0) is 19.8 Å². The Morgan fingerprint density at radius 3 is 2.88 bits per heavy atom. The molecule has 0 bridgehead atoms. The molecule has 1 atom stereocenters. The molecule has 16 heavy (non-hydrogen) atoms. The summed E-state index contributed by atoms with van der Waals surface area (Å²) in [5, 5.41) is 11.4. The molecule has 0 saturated heterocycles. The molecule has 1 aliphatic rings. The van der Waals surface area contributed by atoms with E-state index in [1.165, 1.54) is 32.1 Å². The van der Waals surface area contributed by atoms with E-state index in [0.717, 1.165) is 20.9 Å². The second-order valence-electron chi connectivity index (χ2n) is 4.40. The Morgan fingerprint density at radius 1 is 1.50 bits per heavy atom. The van der Waals surface area contributed by atoms with Gasteiger partial charge in [-0.25, -0.2) is 4.98 Å². The topological polar surface area (TPSA) is 33.1 Å². The molecule has 4 heteroatoms. The second-order valence-corrected chi connectivity index (χ2v) is 6.84. The lowest BCUT2D eigenvalue weighted by Gasteiger charge is -2.20. The van der Waals surface area contributed by atoms with Crippen molar-refractivity contribution >= 4 is 23.1 Å². The molecule has 1 aromatic heterocycles. The monoisotopic (exact) mass is 257 g/mol. The molecule has 1 N–H and O–H groups in total. The fraction of sp³-hybridized carbons (Fsp3) is 0.750. The lowest BCUT2D eigenvalue weighted by atomic mass is 10.0. The van der Waals surface area contributed by atoms with E-state index >= 15 is 0 Å². The van der Waals surface area contributed by atoms with Gasteiger partial charge in [0.05, 0.1) is 11.0 Å². The summed E-state index contributed by atoms with van der Waals surface area (Å²) in [7, 11) is 0. The Morgan fingerprint density at radius 2 is 2.25 bits per heavy atom. The minimum atomic E-state index is -0.370. The number of nitrogens with zero attached hydrogens (tertiary/aromatic N) is 1. The molecule has 2 rings (SSSR count). The van der Waals surface area contributed by atoms with Crippen LogP contribution in [0.15, 0.2) is 6.20 Å². The summed E-state index contributed by atoms with van der Waals surface area (Å²) in [6.07, 6.45) is 8.40. The minimum absolute atomic E-state index is 0.370. The van der Waals surface area contributed by atoms with Gasteiger partial charge in [0.25, 0.3) is 0 Å². The molecule has 1 saturated carbocycles. The molecule has 0 radical (unpaired) electrons. The number of aliphatic hydroxyl groups excluding tert-OH is 1. The highest BCUT2D eigenvalue weighted by molar-refractivity contribution is 7.99. The molecule has 2 nitrogen and oxygen atoms in total. The van der Waals surface area contributed by atoms with E-state index in [1.807, 2.05) is 18.0 Å². The first kappa shape index (κ1) is 12.4. The van der Waals surface area contributed by atoms with Crippen LogP contribution in [-0.4, -0.2) is 15.3 Å². The van der Waals surface area contributed by atoms with Gasteiger partial charge in [-0.15, -0.1) is 11.3 Å². The van der Waals surface area contributed by atoms with Crippen LogP contribution in [0.2, 0.25) is 0 Å². The van der Waals surface area contributed by atoms with Crippen molar-refractivity contribution in [1.82, 2.24) is 4.98 Å². The minimum Gasteiger partial charge on any atom is -0.388 e. The second kappa shape index (κ2) is 6.03. The van der Waals surface area contributed by atoms with Gasteiger partial charge < -0.3 is 5.11 Å². The highest BCUT2D eigenvalue weighted by Gasteiger charge is 2.15. The quantitative estimate of drug-likeness (QED) is 0.891. The van der Waals surface area contributed by atoms with Crippen molar-refractivity contribution < 1.29 is 5.11 Å². The van der Waals surface area contributed by atoms with Crippen LogP contribution in [-0.2, 0) is 5.75 Å². The van der Waals surface area contributed by atoms with Crippen molar-refractivity contribution in [2.45, 2.75) is 56.1 Å². The normalized spacial score (nSPS) is 19.9. The Kier molecular flexibility index (Phi) is 4.67. The zero-order valence-corrected chi connectivity index (χ0v) is 11.3. The number of aliphatic hydroxyl groups is 1. The molecule has 0 spiro atoms. The van der Waals surface area contributed by atoms with E-state index in [9.17, 15) is 5.11 Å². The van der Waals surface area contributed by atoms with Crippen LogP contribution >= 0.6 is 23.1 Å². The lowest BCUT2D eigenvalue weighted by Crippen LogP contribution is -2.07. The van der Waals surface area contributed by atoms with Crippen molar-refractivity contribution in [3.63, 3.8) is 0 Å². The summed E-state index contributed by atoms with van der Waals surface area (Å²) in [4.78, 5) is 5.34. The van der Waals surface area contributed by atoms with Gasteiger partial charge in [0.1, 0.15) is 5.01 Å². The van der Waals surface area contributed by atoms with Crippen molar-refractivity contribution in [3.8, 4) is 0 Å². The third kappa shape index (κ3) is 3.47. The first-order chi connectivity index (χ1) is 7.75. The molecule has 1 aliphatic carbocycles. The van der Waals surface area contributed by atoms with E-state index in [1.54, 1.807) is 18.3 Å². The molecule has 1 unspecified atom stereocenters. The van der Waals surface area contributed by atoms with Gasteiger partial charge in [-0.3, -0.25) is 0 Å². The fourth-order valence-electron chi connectivity index (χ4n) is 2.01. The fourth-order valence-corrected chi connectivity index (χ4v) is 4.22. The van der Waals surface area contributed by atoms with Crippen LogP contribution in [0.1, 0.15) is 55.0 Å². The lowest BCUT2D eigenvalue weighted by molar-refractivity contribution is 0.203. The largest absolute Gasteiger partial charge is 0.388 e. The molecule has 0 amide bonds. The zero-order valence-electron chi connectivity index (χ0n) is 9.69. The third-order valence-corrected chi connectivity index (χ3v) is 5.71. The molecular weight excluding hydrogens is 238 g/mol. The highest BCUT2D eigenvalue weighted by atomic mass is 32.2. The van der Waals surface area contributed by atoms with Crippen LogP contribution in [0.4, 0.5) is 0 Å². The van der Waals surface area contributed by atoms with E-state index in [4.69, 9.17) is 0 Å². The number of hydrogen-bond acceptors (Lipinski definition) is 4. The number of thioether (sulfide) groups is 1. The number of thiazole rings is 1. The predicted octanol–water partition coefficient (Wildman–Crippen LogP) is 3.76. The van der Waals surface area contributed by atoms with Gasteiger partial charge in [0.2, 0.25) is 0 Å². The molecule has 0 aromatic carbocycles. The van der Waals surface area contributed by atoms with Crippen LogP contribution in [0.3, 0.4) is 0 Å². The van der Waals surface area contributed by atoms with Gasteiger partial charge in [-0.1, -0.05) is 19.3 Å². The number of aromatic nitrogens is 1. The smallest absolute Gasteiger partial charge is 0.103 e. The summed E-state index contributed by atoms with van der Waals surface area (Å²) in [6.45, 7) is 1.80. The van der Waals surface area contributed by atoms with Crippen LogP contribution < -0.4 is 0 Å². The maximum atomic E-state index is 9.42. The van der Waals surface area contributed by atoms with Crippen molar-refractivity contribution in [1.29, 1.82) is 0 Å². The number of hydrogen-bond donors (Lipinski definition) is 1. The first-order valence-corrected chi connectivity index (χ1v) is 7.86. The van der Waals surface area contributed by atoms with Gasteiger partial charge in [0, 0.05) is 17.2 Å². The van der Waals surface area contributed by atoms with E-state index < -0.39 is 0 Å². The third-order valence-electron chi connectivity index (χ3n) is 2.98. The van der Waals surface area contributed by atoms with Crippen LogP contribution in [0.25, 0.3) is 0 Å². The predicted molar refractivity (Wildman–Crippen MR) is 70.9 cm³/mol. The maximum Gasteiger partial charge on any atom is 0.103 e. The Bertz CT molecular complexity index is 319. The molecule has 0 aliphatic heterocycles. The standard InChI is InChI=1S/C12H19NOS2/c1-9(14)11-7-13-12(16-11)8-15-10-5-3-2-4-6-10/h7,9-10,14H,2-6,8H2,1H3. The molecule has 1 fully saturated rings. The van der Waals surface area contributed by atoms with Crippen molar-refractivity contribution in [3.05, 3.63) is 16.1 Å².